The molecule has 0 fully saturated rings. The van der Waals surface area contributed by atoms with E-state index in [9.17, 15) is 4.79 Å². The second kappa shape index (κ2) is 5.65. The first-order valence-corrected chi connectivity index (χ1v) is 6.19. The van der Waals surface area contributed by atoms with E-state index in [1.165, 1.54) is 7.11 Å². The zero-order chi connectivity index (χ0) is 14.7. The van der Waals surface area contributed by atoms with Gasteiger partial charge in [-0.1, -0.05) is 12.1 Å². The number of methoxy groups -OCH3 is 2. The normalized spacial score (nSPS) is 10.2. The molecular weight excluding hydrogens is 254 g/mol. The minimum absolute atomic E-state index is 0.0994. The average Bonchev–Trinajstić information content (AvgIpc) is 2.48. The number of ether oxygens (including phenoxy) is 2. The van der Waals surface area contributed by atoms with Gasteiger partial charge in [-0.2, -0.15) is 0 Å². The summed E-state index contributed by atoms with van der Waals surface area (Å²) in [6.07, 6.45) is 0. The number of hydrogen-bond acceptors (Lipinski definition) is 4. The van der Waals surface area contributed by atoms with Crippen LogP contribution in [0.3, 0.4) is 0 Å². The summed E-state index contributed by atoms with van der Waals surface area (Å²) in [6.45, 7) is 1.90. The maximum Gasteiger partial charge on any atom is 0.193 e. The Bertz CT molecular complexity index is 650. The van der Waals surface area contributed by atoms with E-state index < -0.39 is 0 Å². The Kier molecular flexibility index (Phi) is 3.94. The fraction of sp³-hybridized carbons (Fsp3) is 0.188. The molecule has 0 radical (unpaired) electrons. The van der Waals surface area contributed by atoms with Crippen LogP contribution in [-0.2, 0) is 0 Å². The quantitative estimate of drug-likeness (QED) is 0.686. The molecule has 0 amide bonds. The first-order valence-electron chi connectivity index (χ1n) is 6.19. The zero-order valence-corrected chi connectivity index (χ0v) is 11.8. The zero-order valence-electron chi connectivity index (χ0n) is 11.8. The molecule has 0 bridgehead atoms. The summed E-state index contributed by atoms with van der Waals surface area (Å²) < 4.78 is 10.4. The number of hydrogen-bond donors (Lipinski definition) is 1. The third-order valence-electron chi connectivity index (χ3n) is 3.19. The number of nitrogen functional groups attached to an aromatic ring is 1. The number of carbonyl (C=O) groups is 1. The van der Waals surface area contributed by atoms with Crippen molar-refractivity contribution in [3.8, 4) is 11.5 Å². The van der Waals surface area contributed by atoms with Gasteiger partial charge in [0, 0.05) is 16.8 Å². The van der Waals surface area contributed by atoms with E-state index in [0.29, 0.717) is 28.3 Å². The van der Waals surface area contributed by atoms with Crippen molar-refractivity contribution in [2.24, 2.45) is 0 Å². The molecule has 2 aromatic carbocycles. The fourth-order valence-corrected chi connectivity index (χ4v) is 1.93. The van der Waals surface area contributed by atoms with Gasteiger partial charge in [-0.05, 0) is 36.8 Å². The summed E-state index contributed by atoms with van der Waals surface area (Å²) in [4.78, 5) is 12.4. The Balaban J connectivity index is 2.40. The number of ketones is 1. The second-order valence-corrected chi connectivity index (χ2v) is 4.47. The molecule has 0 saturated heterocycles. The maximum absolute atomic E-state index is 12.4. The topological polar surface area (TPSA) is 61.5 Å². The van der Waals surface area contributed by atoms with Crippen molar-refractivity contribution >= 4 is 11.5 Å². The van der Waals surface area contributed by atoms with Gasteiger partial charge in [-0.15, -0.1) is 0 Å². The van der Waals surface area contributed by atoms with Crippen LogP contribution < -0.4 is 15.2 Å². The van der Waals surface area contributed by atoms with Gasteiger partial charge in [0.15, 0.2) is 17.3 Å². The van der Waals surface area contributed by atoms with E-state index in [-0.39, 0.29) is 5.78 Å². The molecule has 2 aromatic rings. The molecule has 2 N–H and O–H groups in total. The van der Waals surface area contributed by atoms with Crippen LogP contribution in [0.4, 0.5) is 5.69 Å². The number of nitrogens with two attached hydrogens (primary N) is 1. The molecule has 4 nitrogen and oxygen atoms in total. The first kappa shape index (κ1) is 13.9. The monoisotopic (exact) mass is 271 g/mol. The van der Waals surface area contributed by atoms with Crippen LogP contribution >= 0.6 is 0 Å². The molecule has 0 aliphatic carbocycles. The third-order valence-corrected chi connectivity index (χ3v) is 3.19. The summed E-state index contributed by atoms with van der Waals surface area (Å²) in [5, 5.41) is 0. The molecule has 0 aromatic heterocycles. The van der Waals surface area contributed by atoms with Crippen molar-refractivity contribution in [3.05, 3.63) is 53.1 Å². The van der Waals surface area contributed by atoms with E-state index in [2.05, 4.69) is 0 Å². The molecule has 0 aliphatic rings. The first-order chi connectivity index (χ1) is 9.56. The Hall–Kier alpha value is -2.49. The lowest BCUT2D eigenvalue weighted by Gasteiger charge is -2.09. The van der Waals surface area contributed by atoms with Gasteiger partial charge in [0.25, 0.3) is 0 Å². The molecule has 2 rings (SSSR count). The fourth-order valence-electron chi connectivity index (χ4n) is 1.93. The smallest absolute Gasteiger partial charge is 0.193 e. The molecule has 4 heteroatoms. The van der Waals surface area contributed by atoms with Crippen molar-refractivity contribution in [1.82, 2.24) is 0 Å². The van der Waals surface area contributed by atoms with Crippen LogP contribution in [0.1, 0.15) is 21.5 Å². The van der Waals surface area contributed by atoms with E-state index in [4.69, 9.17) is 15.2 Å². The highest BCUT2D eigenvalue weighted by Crippen LogP contribution is 2.28. The van der Waals surface area contributed by atoms with Crippen molar-refractivity contribution < 1.29 is 14.3 Å². The van der Waals surface area contributed by atoms with Crippen LogP contribution in [0.2, 0.25) is 0 Å². The highest BCUT2D eigenvalue weighted by Gasteiger charge is 2.13. The van der Waals surface area contributed by atoms with E-state index in [1.54, 1.807) is 37.4 Å². The summed E-state index contributed by atoms with van der Waals surface area (Å²) in [6, 6.07) is 10.4. The number of aryl methyl sites for hydroxylation is 1. The van der Waals surface area contributed by atoms with E-state index in [0.717, 1.165) is 5.56 Å². The van der Waals surface area contributed by atoms with Gasteiger partial charge in [-0.25, -0.2) is 0 Å². The molecule has 20 heavy (non-hydrogen) atoms. The number of anilines is 1. The van der Waals surface area contributed by atoms with Gasteiger partial charge in [0.2, 0.25) is 0 Å². The van der Waals surface area contributed by atoms with Gasteiger partial charge in [0.1, 0.15) is 0 Å². The van der Waals surface area contributed by atoms with Gasteiger partial charge in [0.05, 0.1) is 14.2 Å². The van der Waals surface area contributed by atoms with E-state index in [1.807, 2.05) is 13.0 Å². The maximum atomic E-state index is 12.4. The minimum atomic E-state index is -0.0994. The van der Waals surface area contributed by atoms with Crippen molar-refractivity contribution in [2.75, 3.05) is 20.0 Å². The van der Waals surface area contributed by atoms with Crippen molar-refractivity contribution in [2.45, 2.75) is 6.92 Å². The molecule has 0 unspecified atom stereocenters. The molecular formula is C16H17NO3. The number of benzene rings is 2. The van der Waals surface area contributed by atoms with Crippen LogP contribution in [0, 0.1) is 6.92 Å². The molecule has 0 atom stereocenters. The Labute approximate surface area is 118 Å². The van der Waals surface area contributed by atoms with Crippen molar-refractivity contribution in [1.29, 1.82) is 0 Å². The van der Waals surface area contributed by atoms with Gasteiger partial charge in [-0.3, -0.25) is 4.79 Å². The number of carbonyl (C=O) groups excluding carboxylic acids is 1. The second-order valence-electron chi connectivity index (χ2n) is 4.47. The standard InChI is InChI=1S/C16H17NO3/c1-10-4-5-11(8-13(10)17)16(18)12-6-7-14(19-2)15(9-12)20-3/h4-9H,17H2,1-3H3. The Morgan fingerprint density at radius 2 is 1.55 bits per heavy atom. The molecule has 0 saturated carbocycles. The Morgan fingerprint density at radius 1 is 0.950 bits per heavy atom. The highest BCUT2D eigenvalue weighted by atomic mass is 16.5. The van der Waals surface area contributed by atoms with Gasteiger partial charge < -0.3 is 15.2 Å². The summed E-state index contributed by atoms with van der Waals surface area (Å²) in [5.41, 5.74) is 8.49. The molecule has 104 valence electrons. The molecule has 0 spiro atoms. The summed E-state index contributed by atoms with van der Waals surface area (Å²) in [5.74, 6) is 1.02. The van der Waals surface area contributed by atoms with E-state index >= 15 is 0 Å². The average molecular weight is 271 g/mol. The molecule has 0 heterocycles. The minimum Gasteiger partial charge on any atom is -0.493 e. The lowest BCUT2D eigenvalue weighted by molar-refractivity contribution is 0.103. The van der Waals surface area contributed by atoms with Crippen LogP contribution in [0.5, 0.6) is 11.5 Å². The van der Waals surface area contributed by atoms with Crippen molar-refractivity contribution in [3.63, 3.8) is 0 Å². The lowest BCUT2D eigenvalue weighted by atomic mass is 10.0. The Morgan fingerprint density at radius 3 is 2.15 bits per heavy atom. The summed E-state index contributed by atoms with van der Waals surface area (Å²) in [7, 11) is 3.09. The highest BCUT2D eigenvalue weighted by molar-refractivity contribution is 6.09. The largest absolute Gasteiger partial charge is 0.493 e. The summed E-state index contributed by atoms with van der Waals surface area (Å²) >= 11 is 0. The van der Waals surface area contributed by atoms with Crippen LogP contribution in [0.25, 0.3) is 0 Å². The van der Waals surface area contributed by atoms with Crippen LogP contribution in [0.15, 0.2) is 36.4 Å². The third kappa shape index (κ3) is 2.59. The van der Waals surface area contributed by atoms with Crippen LogP contribution in [-0.4, -0.2) is 20.0 Å². The lowest BCUT2D eigenvalue weighted by Crippen LogP contribution is -2.04. The molecule has 0 aliphatic heterocycles. The predicted octanol–water partition coefficient (Wildman–Crippen LogP) is 2.83. The van der Waals surface area contributed by atoms with Gasteiger partial charge >= 0.3 is 0 Å². The SMILES string of the molecule is COc1ccc(C(=O)c2ccc(C)c(N)c2)cc1OC. The number of rotatable bonds is 4. The predicted molar refractivity (Wildman–Crippen MR) is 78.6 cm³/mol.